The van der Waals surface area contributed by atoms with Crippen LogP contribution >= 0.6 is 0 Å². The molecule has 1 saturated heterocycles. The number of nitrogens with one attached hydrogen (secondary N) is 1. The molecule has 0 spiro atoms. The van der Waals surface area contributed by atoms with Crippen LogP contribution < -0.4 is 10.1 Å². The van der Waals surface area contributed by atoms with Crippen molar-refractivity contribution in [2.24, 2.45) is 5.92 Å². The summed E-state index contributed by atoms with van der Waals surface area (Å²) in [7, 11) is 1.53. The standard InChI is InChI=1S/C23H25N5O4/c1-31-20-12-15(4-9-24-20)18-14-26-28(22(18)30)19-3-2-16(13-25-19)21(29)27-23(7-8-23)17-5-10-32-11-6-17/h2-4,9,12-14,17,30H,5-8,10-11H2,1H3,(H,27,29). The Kier molecular flexibility index (Phi) is 5.26. The molecule has 9 nitrogen and oxygen atoms in total. The van der Waals surface area contributed by atoms with Crippen LogP contribution in [0.15, 0.2) is 42.9 Å². The van der Waals surface area contributed by atoms with E-state index in [1.54, 1.807) is 36.7 Å². The number of carbonyl (C=O) groups is 1. The first-order valence-electron chi connectivity index (χ1n) is 10.7. The molecule has 3 aromatic heterocycles. The first-order chi connectivity index (χ1) is 15.6. The van der Waals surface area contributed by atoms with Crippen LogP contribution in [-0.4, -0.2) is 56.6 Å². The molecule has 1 aliphatic heterocycles. The SMILES string of the molecule is COc1cc(-c2cnn(-c3ccc(C(=O)NC4(C5CCOCC5)CC4)cn3)c2O)ccn1. The first kappa shape index (κ1) is 20.4. The molecule has 2 aliphatic rings. The van der Waals surface area contributed by atoms with Gasteiger partial charge in [-0.15, -0.1) is 0 Å². The third kappa shape index (κ3) is 3.80. The lowest BCUT2D eigenvalue weighted by atomic mass is 9.89. The summed E-state index contributed by atoms with van der Waals surface area (Å²) in [5.74, 6) is 1.15. The van der Waals surface area contributed by atoms with Gasteiger partial charge >= 0.3 is 0 Å². The molecular formula is C23H25N5O4. The highest BCUT2D eigenvalue weighted by molar-refractivity contribution is 5.94. The Morgan fingerprint density at radius 2 is 2.03 bits per heavy atom. The summed E-state index contributed by atoms with van der Waals surface area (Å²) in [5.41, 5.74) is 1.64. The highest BCUT2D eigenvalue weighted by atomic mass is 16.5. The van der Waals surface area contributed by atoms with E-state index in [4.69, 9.17) is 9.47 Å². The van der Waals surface area contributed by atoms with Gasteiger partial charge in [-0.1, -0.05) is 0 Å². The van der Waals surface area contributed by atoms with Gasteiger partial charge in [-0.05, 0) is 55.4 Å². The van der Waals surface area contributed by atoms with E-state index in [1.165, 1.54) is 18.0 Å². The zero-order valence-electron chi connectivity index (χ0n) is 17.8. The fraction of sp³-hybridized carbons (Fsp3) is 0.391. The van der Waals surface area contributed by atoms with Crippen molar-refractivity contribution < 1.29 is 19.4 Å². The molecule has 32 heavy (non-hydrogen) atoms. The molecule has 0 unspecified atom stereocenters. The van der Waals surface area contributed by atoms with Gasteiger partial charge in [0, 0.05) is 37.2 Å². The number of methoxy groups -OCH3 is 1. The van der Waals surface area contributed by atoms with E-state index in [0.717, 1.165) is 44.5 Å². The molecule has 1 aliphatic carbocycles. The van der Waals surface area contributed by atoms with Gasteiger partial charge in [0.15, 0.2) is 5.82 Å². The van der Waals surface area contributed by atoms with Crippen molar-refractivity contribution in [1.29, 1.82) is 0 Å². The maximum atomic E-state index is 12.8. The van der Waals surface area contributed by atoms with Crippen LogP contribution in [0.1, 0.15) is 36.0 Å². The smallest absolute Gasteiger partial charge is 0.253 e. The molecule has 3 aromatic rings. The Morgan fingerprint density at radius 1 is 1.22 bits per heavy atom. The molecular weight excluding hydrogens is 410 g/mol. The minimum atomic E-state index is -0.123. The van der Waals surface area contributed by atoms with Crippen molar-refractivity contribution in [2.45, 2.75) is 31.2 Å². The molecule has 0 aromatic carbocycles. The lowest BCUT2D eigenvalue weighted by molar-refractivity contribution is 0.0475. The average Bonchev–Trinajstić information content (AvgIpc) is 3.53. The van der Waals surface area contributed by atoms with E-state index in [2.05, 4.69) is 20.4 Å². The molecule has 9 heteroatoms. The largest absolute Gasteiger partial charge is 0.493 e. The Balaban J connectivity index is 1.32. The van der Waals surface area contributed by atoms with Gasteiger partial charge < -0.3 is 19.9 Å². The third-order valence-electron chi connectivity index (χ3n) is 6.38. The van der Waals surface area contributed by atoms with Gasteiger partial charge in [-0.25, -0.2) is 9.97 Å². The van der Waals surface area contributed by atoms with Crippen LogP contribution in [0, 0.1) is 5.92 Å². The number of nitrogens with zero attached hydrogens (tertiary/aromatic N) is 4. The summed E-state index contributed by atoms with van der Waals surface area (Å²) < 4.78 is 11.9. The van der Waals surface area contributed by atoms with Crippen molar-refractivity contribution in [3.05, 3.63) is 48.4 Å². The number of aromatic hydroxyl groups is 1. The predicted molar refractivity (Wildman–Crippen MR) is 116 cm³/mol. The fourth-order valence-electron chi connectivity index (χ4n) is 4.37. The molecule has 1 saturated carbocycles. The summed E-state index contributed by atoms with van der Waals surface area (Å²) in [6.07, 6.45) is 8.67. The normalized spacial score (nSPS) is 17.7. The number of hydrogen-bond donors (Lipinski definition) is 2. The number of carbonyl (C=O) groups excluding carboxylic acids is 1. The summed E-state index contributed by atoms with van der Waals surface area (Å²) in [5, 5.41) is 18.2. The van der Waals surface area contributed by atoms with Crippen LogP contribution in [-0.2, 0) is 4.74 Å². The topological polar surface area (TPSA) is 111 Å². The van der Waals surface area contributed by atoms with Crippen molar-refractivity contribution in [3.8, 4) is 28.7 Å². The second-order valence-corrected chi connectivity index (χ2v) is 8.28. The summed E-state index contributed by atoms with van der Waals surface area (Å²) in [6, 6.07) is 6.85. The summed E-state index contributed by atoms with van der Waals surface area (Å²) in [4.78, 5) is 21.3. The zero-order valence-corrected chi connectivity index (χ0v) is 17.8. The Hall–Kier alpha value is -3.46. The molecule has 0 atom stereocenters. The predicted octanol–water partition coefficient (Wildman–Crippen LogP) is 2.73. The second kappa shape index (κ2) is 8.23. The summed E-state index contributed by atoms with van der Waals surface area (Å²) >= 11 is 0. The van der Waals surface area contributed by atoms with E-state index in [-0.39, 0.29) is 17.3 Å². The molecule has 0 bridgehead atoms. The Labute approximate surface area is 185 Å². The quantitative estimate of drug-likeness (QED) is 0.612. The highest BCUT2D eigenvalue weighted by Crippen LogP contribution is 2.46. The third-order valence-corrected chi connectivity index (χ3v) is 6.38. The van der Waals surface area contributed by atoms with E-state index >= 15 is 0 Å². The minimum Gasteiger partial charge on any atom is -0.493 e. The van der Waals surface area contributed by atoms with Crippen molar-refractivity contribution in [2.75, 3.05) is 20.3 Å². The fourth-order valence-corrected chi connectivity index (χ4v) is 4.37. The molecule has 1 amide bonds. The van der Waals surface area contributed by atoms with Crippen LogP contribution in [0.3, 0.4) is 0 Å². The van der Waals surface area contributed by atoms with E-state index in [1.807, 2.05) is 0 Å². The van der Waals surface area contributed by atoms with E-state index in [0.29, 0.717) is 28.7 Å². The second-order valence-electron chi connectivity index (χ2n) is 8.28. The van der Waals surface area contributed by atoms with Crippen LogP contribution in [0.2, 0.25) is 0 Å². The Morgan fingerprint density at radius 3 is 2.72 bits per heavy atom. The molecule has 5 rings (SSSR count). The number of ether oxygens (including phenoxy) is 2. The maximum Gasteiger partial charge on any atom is 0.253 e. The van der Waals surface area contributed by atoms with Gasteiger partial charge in [0.1, 0.15) is 0 Å². The number of pyridine rings is 2. The number of hydrogen-bond acceptors (Lipinski definition) is 7. The van der Waals surface area contributed by atoms with Crippen LogP contribution in [0.25, 0.3) is 16.9 Å². The van der Waals surface area contributed by atoms with Crippen LogP contribution in [0.5, 0.6) is 11.8 Å². The molecule has 2 fully saturated rings. The van der Waals surface area contributed by atoms with Gasteiger partial charge in [0.2, 0.25) is 11.8 Å². The number of aromatic nitrogens is 4. The average molecular weight is 435 g/mol. The van der Waals surface area contributed by atoms with Crippen LogP contribution in [0.4, 0.5) is 0 Å². The molecule has 0 radical (unpaired) electrons. The molecule has 2 N–H and O–H groups in total. The Bertz CT molecular complexity index is 1120. The lowest BCUT2D eigenvalue weighted by Crippen LogP contribution is -2.44. The lowest BCUT2D eigenvalue weighted by Gasteiger charge is -2.31. The number of rotatable bonds is 6. The van der Waals surface area contributed by atoms with Gasteiger partial charge in [-0.3, -0.25) is 4.79 Å². The van der Waals surface area contributed by atoms with Gasteiger partial charge in [-0.2, -0.15) is 9.78 Å². The van der Waals surface area contributed by atoms with Crippen molar-refractivity contribution >= 4 is 5.91 Å². The highest BCUT2D eigenvalue weighted by Gasteiger charge is 2.50. The summed E-state index contributed by atoms with van der Waals surface area (Å²) in [6.45, 7) is 1.53. The zero-order chi connectivity index (χ0) is 22.1. The van der Waals surface area contributed by atoms with Gasteiger partial charge in [0.25, 0.3) is 5.91 Å². The van der Waals surface area contributed by atoms with Crippen molar-refractivity contribution in [1.82, 2.24) is 25.1 Å². The number of amides is 1. The monoisotopic (exact) mass is 435 g/mol. The van der Waals surface area contributed by atoms with E-state index in [9.17, 15) is 9.90 Å². The minimum absolute atomic E-state index is 0.0561. The van der Waals surface area contributed by atoms with E-state index < -0.39 is 0 Å². The molecule has 166 valence electrons. The first-order valence-corrected chi connectivity index (χ1v) is 10.7. The maximum absolute atomic E-state index is 12.8. The van der Waals surface area contributed by atoms with Gasteiger partial charge in [0.05, 0.1) is 24.4 Å². The van der Waals surface area contributed by atoms with Crippen molar-refractivity contribution in [3.63, 3.8) is 0 Å². The molecule has 4 heterocycles.